The maximum atomic E-state index is 12.3. The maximum absolute atomic E-state index is 12.3. The van der Waals surface area contributed by atoms with E-state index >= 15 is 0 Å². The van der Waals surface area contributed by atoms with Crippen molar-refractivity contribution in [3.63, 3.8) is 0 Å². The second kappa shape index (κ2) is 8.15. The van der Waals surface area contributed by atoms with Crippen LogP contribution in [0.2, 0.25) is 15.1 Å². The summed E-state index contributed by atoms with van der Waals surface area (Å²) in [5, 5.41) is 3.30. The molecule has 3 rings (SSSR count). The van der Waals surface area contributed by atoms with E-state index in [1.807, 2.05) is 0 Å². The lowest BCUT2D eigenvalue weighted by atomic mass is 9.67. The maximum Gasteiger partial charge on any atom is 0.309 e. The van der Waals surface area contributed by atoms with E-state index in [2.05, 4.69) is 5.32 Å². The van der Waals surface area contributed by atoms with Gasteiger partial charge in [-0.1, -0.05) is 41.2 Å². The first kappa shape index (κ1) is 19.5. The van der Waals surface area contributed by atoms with E-state index in [4.69, 9.17) is 39.5 Å². The molecule has 2 aliphatic rings. The lowest BCUT2D eigenvalue weighted by Gasteiger charge is -2.36. The molecule has 0 aliphatic heterocycles. The van der Waals surface area contributed by atoms with Crippen molar-refractivity contribution in [1.29, 1.82) is 0 Å². The van der Waals surface area contributed by atoms with Gasteiger partial charge in [-0.05, 0) is 37.8 Å². The minimum Gasteiger partial charge on any atom is -0.455 e. The number of fused-ring (bicyclic) bond motifs is 2. The van der Waals surface area contributed by atoms with Crippen LogP contribution in [-0.4, -0.2) is 24.3 Å². The molecule has 2 aliphatic carbocycles. The normalized spacial score (nSPS) is 24.9. The van der Waals surface area contributed by atoms with Gasteiger partial charge in [-0.25, -0.2) is 0 Å². The Hall–Kier alpha value is -1.30. The van der Waals surface area contributed by atoms with Gasteiger partial charge in [0.15, 0.2) is 6.61 Å². The Morgan fingerprint density at radius 1 is 1.04 bits per heavy atom. The Bertz CT molecular complexity index is 736. The third-order valence-electron chi connectivity index (χ3n) is 5.01. The van der Waals surface area contributed by atoms with Gasteiger partial charge in [-0.2, -0.15) is 0 Å². The summed E-state index contributed by atoms with van der Waals surface area (Å²) in [6.45, 7) is -0.421. The molecule has 140 valence electrons. The molecule has 1 N–H and O–H groups in total. The molecule has 0 heterocycles. The largest absolute Gasteiger partial charge is 0.455 e. The molecule has 26 heavy (non-hydrogen) atoms. The number of halogens is 3. The number of hydrogen-bond acceptors (Lipinski definition) is 4. The molecule has 0 radical (unpaired) electrons. The third-order valence-corrected chi connectivity index (χ3v) is 6.05. The Morgan fingerprint density at radius 3 is 2.31 bits per heavy atom. The van der Waals surface area contributed by atoms with Crippen molar-refractivity contribution in [2.75, 3.05) is 11.9 Å². The summed E-state index contributed by atoms with van der Waals surface area (Å²) >= 11 is 17.7. The van der Waals surface area contributed by atoms with Crippen LogP contribution in [0.5, 0.6) is 0 Å². The van der Waals surface area contributed by atoms with Gasteiger partial charge >= 0.3 is 5.97 Å². The number of rotatable bonds is 4. The first-order valence-electron chi connectivity index (χ1n) is 8.50. The Morgan fingerprint density at radius 2 is 1.65 bits per heavy atom. The molecule has 2 atom stereocenters. The summed E-state index contributed by atoms with van der Waals surface area (Å²) in [5.41, 5.74) is 0.292. The van der Waals surface area contributed by atoms with Crippen LogP contribution in [0.15, 0.2) is 12.1 Å². The number of anilines is 1. The van der Waals surface area contributed by atoms with Crippen LogP contribution in [-0.2, 0) is 19.1 Å². The lowest BCUT2D eigenvalue weighted by molar-refractivity contribution is -0.155. The van der Waals surface area contributed by atoms with E-state index in [1.54, 1.807) is 0 Å². The molecule has 1 amide bonds. The summed E-state index contributed by atoms with van der Waals surface area (Å²) in [6.07, 6.45) is 3.77. The van der Waals surface area contributed by atoms with Crippen molar-refractivity contribution in [2.24, 2.45) is 17.8 Å². The first-order chi connectivity index (χ1) is 12.3. The molecule has 1 aromatic carbocycles. The highest BCUT2D eigenvalue weighted by Gasteiger charge is 2.41. The smallest absolute Gasteiger partial charge is 0.309 e. The van der Waals surface area contributed by atoms with Gasteiger partial charge < -0.3 is 10.1 Å². The van der Waals surface area contributed by atoms with Gasteiger partial charge in [0.1, 0.15) is 5.78 Å². The quantitative estimate of drug-likeness (QED) is 0.576. The predicted molar refractivity (Wildman–Crippen MR) is 99.6 cm³/mol. The molecule has 0 spiro atoms. The molecule has 0 saturated heterocycles. The van der Waals surface area contributed by atoms with Crippen LogP contribution in [0.25, 0.3) is 0 Å². The van der Waals surface area contributed by atoms with Gasteiger partial charge in [0.2, 0.25) is 0 Å². The number of ether oxygens (including phenoxy) is 1. The summed E-state index contributed by atoms with van der Waals surface area (Å²) < 4.78 is 5.15. The number of carbonyl (C=O) groups excluding carboxylic acids is 3. The van der Waals surface area contributed by atoms with Crippen molar-refractivity contribution in [1.82, 2.24) is 0 Å². The van der Waals surface area contributed by atoms with E-state index < -0.39 is 18.5 Å². The number of nitrogens with one attached hydrogen (secondary N) is 1. The molecule has 8 heteroatoms. The number of carbonyl (C=O) groups is 3. The summed E-state index contributed by atoms with van der Waals surface area (Å²) in [5.74, 6) is -1.06. The molecule has 0 aromatic heterocycles. The monoisotopic (exact) mass is 417 g/mol. The van der Waals surface area contributed by atoms with E-state index in [0.717, 1.165) is 19.3 Å². The Kier molecular flexibility index (Phi) is 6.10. The molecular formula is C18H18Cl3NO4. The summed E-state index contributed by atoms with van der Waals surface area (Å²) in [7, 11) is 0. The number of Topliss-reactive ketones (excluding diaryl/α,β-unsaturated/α-hetero) is 1. The molecule has 5 nitrogen and oxygen atoms in total. The highest BCUT2D eigenvalue weighted by molar-refractivity contribution is 6.44. The number of benzene rings is 1. The molecule has 2 saturated carbocycles. The van der Waals surface area contributed by atoms with Crippen LogP contribution in [0.1, 0.15) is 32.1 Å². The number of amides is 1. The lowest BCUT2D eigenvalue weighted by Crippen LogP contribution is -2.40. The van der Waals surface area contributed by atoms with Crippen molar-refractivity contribution in [3.8, 4) is 0 Å². The molecule has 2 unspecified atom stereocenters. The number of esters is 1. The van der Waals surface area contributed by atoms with E-state index in [0.29, 0.717) is 18.5 Å². The molecule has 2 bridgehead atoms. The fraction of sp³-hybridized carbons (Fsp3) is 0.500. The van der Waals surface area contributed by atoms with E-state index in [1.165, 1.54) is 12.1 Å². The van der Waals surface area contributed by atoms with E-state index in [-0.39, 0.29) is 38.6 Å². The topological polar surface area (TPSA) is 72.5 Å². The fourth-order valence-electron chi connectivity index (χ4n) is 3.73. The van der Waals surface area contributed by atoms with Crippen molar-refractivity contribution < 1.29 is 19.1 Å². The Balaban J connectivity index is 1.52. The zero-order chi connectivity index (χ0) is 18.8. The minimum absolute atomic E-state index is 0.0381. The second-order valence-corrected chi connectivity index (χ2v) is 8.02. The number of hydrogen-bond donors (Lipinski definition) is 1. The molecule has 2 fully saturated rings. The zero-order valence-corrected chi connectivity index (χ0v) is 16.2. The highest BCUT2D eigenvalue weighted by atomic mass is 35.5. The van der Waals surface area contributed by atoms with Crippen LogP contribution in [0.4, 0.5) is 5.69 Å². The van der Waals surface area contributed by atoms with Crippen LogP contribution in [0.3, 0.4) is 0 Å². The Labute approximate surface area is 166 Å². The van der Waals surface area contributed by atoms with Crippen LogP contribution < -0.4 is 5.32 Å². The predicted octanol–water partition coefficient (Wildman–Crippen LogP) is 4.52. The van der Waals surface area contributed by atoms with Crippen molar-refractivity contribution in [2.45, 2.75) is 32.1 Å². The van der Waals surface area contributed by atoms with Gasteiger partial charge in [0.05, 0.1) is 26.7 Å². The summed E-state index contributed by atoms with van der Waals surface area (Å²) in [6, 6.07) is 2.85. The number of ketones is 1. The average Bonchev–Trinajstić information content (AvgIpc) is 2.57. The standard InChI is InChI=1S/C18H18Cl3NO4/c19-12-6-14(21)15(7-13(12)20)22-16(23)8-26-18(25)11-4-9-2-1-3-10(5-11)17(9)24/h6-7,9-11H,1-5,8H2,(H,22,23). The van der Waals surface area contributed by atoms with Gasteiger partial charge in [0.25, 0.3) is 5.91 Å². The fourth-order valence-corrected chi connectivity index (χ4v) is 4.33. The zero-order valence-electron chi connectivity index (χ0n) is 13.9. The van der Waals surface area contributed by atoms with Gasteiger partial charge in [-0.3, -0.25) is 14.4 Å². The van der Waals surface area contributed by atoms with E-state index in [9.17, 15) is 14.4 Å². The highest BCUT2D eigenvalue weighted by Crippen LogP contribution is 2.40. The van der Waals surface area contributed by atoms with Gasteiger partial charge in [-0.15, -0.1) is 0 Å². The average molecular weight is 419 g/mol. The van der Waals surface area contributed by atoms with Crippen LogP contribution >= 0.6 is 34.8 Å². The van der Waals surface area contributed by atoms with Crippen LogP contribution in [0, 0.1) is 17.8 Å². The SMILES string of the molecule is O=C(COC(=O)C1CC2CCCC(C1)C2=O)Nc1cc(Cl)c(Cl)cc1Cl. The third kappa shape index (κ3) is 4.33. The first-order valence-corrected chi connectivity index (χ1v) is 9.63. The second-order valence-electron chi connectivity index (χ2n) is 6.80. The van der Waals surface area contributed by atoms with Gasteiger partial charge in [0, 0.05) is 11.8 Å². The van der Waals surface area contributed by atoms with Crippen molar-refractivity contribution >= 4 is 58.1 Å². The summed E-state index contributed by atoms with van der Waals surface area (Å²) in [4.78, 5) is 36.4. The van der Waals surface area contributed by atoms with Crippen molar-refractivity contribution in [3.05, 3.63) is 27.2 Å². The minimum atomic E-state index is -0.522. The molecular weight excluding hydrogens is 401 g/mol. The molecule has 1 aromatic rings.